The van der Waals surface area contributed by atoms with Crippen molar-refractivity contribution in [3.63, 3.8) is 0 Å². The summed E-state index contributed by atoms with van der Waals surface area (Å²) in [6.45, 7) is 1.65. The lowest BCUT2D eigenvalue weighted by atomic mass is 10.4. The van der Waals surface area contributed by atoms with Crippen LogP contribution in [-0.2, 0) is 4.79 Å². The predicted molar refractivity (Wildman–Crippen MR) is 71.8 cm³/mol. The lowest BCUT2D eigenvalue weighted by molar-refractivity contribution is -0.135. The summed E-state index contributed by atoms with van der Waals surface area (Å²) in [6, 6.07) is 3.58. The van der Waals surface area contributed by atoms with Crippen LogP contribution in [0.2, 0.25) is 0 Å². The van der Waals surface area contributed by atoms with Gasteiger partial charge in [-0.15, -0.1) is 0 Å². The van der Waals surface area contributed by atoms with Gasteiger partial charge in [0, 0.05) is 25.5 Å². The Kier molecular flexibility index (Phi) is 3.65. The summed E-state index contributed by atoms with van der Waals surface area (Å²) >= 11 is 0. The number of aromatic amines is 1. The maximum Gasteiger partial charge on any atom is 0.323 e. The first kappa shape index (κ1) is 12.9. The van der Waals surface area contributed by atoms with Gasteiger partial charge >= 0.3 is 5.97 Å². The van der Waals surface area contributed by atoms with Crippen LogP contribution in [0.15, 0.2) is 24.5 Å². The highest BCUT2D eigenvalue weighted by atomic mass is 16.4. The summed E-state index contributed by atoms with van der Waals surface area (Å²) in [5, 5.41) is 11.9. The molecule has 0 unspecified atom stereocenters. The van der Waals surface area contributed by atoms with Crippen molar-refractivity contribution in [1.82, 2.24) is 15.0 Å². The monoisotopic (exact) mass is 261 g/mol. The Morgan fingerprint density at radius 3 is 2.95 bits per heavy atom. The Hall–Kier alpha value is -2.57. The number of nitrogens with one attached hydrogen (secondary N) is 2. The normalized spacial score (nSPS) is 10.2. The molecule has 2 aromatic heterocycles. The van der Waals surface area contributed by atoms with Gasteiger partial charge in [-0.1, -0.05) is 0 Å². The van der Waals surface area contributed by atoms with Crippen LogP contribution in [0, 0.1) is 6.92 Å². The Labute approximate surface area is 110 Å². The largest absolute Gasteiger partial charge is 0.480 e. The number of carbonyl (C=O) groups is 1. The summed E-state index contributed by atoms with van der Waals surface area (Å²) in [7, 11) is 1.68. The first-order valence-corrected chi connectivity index (χ1v) is 5.73. The summed E-state index contributed by atoms with van der Waals surface area (Å²) in [4.78, 5) is 23.7. The molecule has 7 nitrogen and oxygen atoms in total. The molecule has 100 valence electrons. The molecule has 0 aliphatic rings. The van der Waals surface area contributed by atoms with Gasteiger partial charge in [-0.2, -0.15) is 0 Å². The molecular formula is C12H15N5O2. The van der Waals surface area contributed by atoms with Crippen molar-refractivity contribution in [2.45, 2.75) is 6.92 Å². The number of aliphatic carboxylic acids is 1. The number of hydrogen-bond donors (Lipinski definition) is 3. The van der Waals surface area contributed by atoms with E-state index in [-0.39, 0.29) is 6.54 Å². The first-order chi connectivity index (χ1) is 9.04. The second kappa shape index (κ2) is 5.38. The van der Waals surface area contributed by atoms with E-state index in [0.29, 0.717) is 17.5 Å². The molecule has 7 heteroatoms. The zero-order valence-corrected chi connectivity index (χ0v) is 10.7. The topological polar surface area (TPSA) is 94.1 Å². The summed E-state index contributed by atoms with van der Waals surface area (Å²) in [5.41, 5.74) is 0.880. The van der Waals surface area contributed by atoms with E-state index >= 15 is 0 Å². The van der Waals surface area contributed by atoms with Crippen LogP contribution < -0.4 is 10.2 Å². The van der Waals surface area contributed by atoms with E-state index in [9.17, 15) is 4.79 Å². The SMILES string of the molecule is Cc1nc(Nc2cc[nH]c2)cc(N(C)CC(=O)O)n1. The van der Waals surface area contributed by atoms with Gasteiger partial charge in [0.2, 0.25) is 0 Å². The third-order valence-corrected chi connectivity index (χ3v) is 2.46. The standard InChI is InChI=1S/C12H15N5O2/c1-8-14-10(16-9-3-4-13-6-9)5-11(15-8)17(2)7-12(18)19/h3-6,13H,7H2,1-2H3,(H,18,19)(H,14,15,16). The fourth-order valence-electron chi connectivity index (χ4n) is 1.64. The molecule has 0 aliphatic heterocycles. The minimum atomic E-state index is -0.904. The Morgan fingerprint density at radius 2 is 2.32 bits per heavy atom. The molecule has 3 N–H and O–H groups in total. The third-order valence-electron chi connectivity index (χ3n) is 2.46. The molecule has 0 atom stereocenters. The zero-order valence-electron chi connectivity index (χ0n) is 10.7. The molecule has 0 fully saturated rings. The highest BCUT2D eigenvalue weighted by molar-refractivity contribution is 5.73. The molecule has 19 heavy (non-hydrogen) atoms. The molecule has 0 spiro atoms. The smallest absolute Gasteiger partial charge is 0.323 e. The molecule has 0 aliphatic carbocycles. The van der Waals surface area contributed by atoms with Crippen LogP contribution in [0.4, 0.5) is 17.3 Å². The Morgan fingerprint density at radius 1 is 1.53 bits per heavy atom. The molecule has 0 saturated heterocycles. The van der Waals surface area contributed by atoms with Gasteiger partial charge in [0.1, 0.15) is 24.0 Å². The number of likely N-dealkylation sites (N-methyl/N-ethyl adjacent to an activating group) is 1. The molecule has 0 saturated carbocycles. The number of nitrogens with zero attached hydrogens (tertiary/aromatic N) is 3. The summed E-state index contributed by atoms with van der Waals surface area (Å²) in [5.74, 6) is 0.860. The van der Waals surface area contributed by atoms with Crippen molar-refractivity contribution < 1.29 is 9.90 Å². The molecule has 0 radical (unpaired) electrons. The highest BCUT2D eigenvalue weighted by Crippen LogP contribution is 2.18. The molecule has 2 heterocycles. The van der Waals surface area contributed by atoms with Crippen molar-refractivity contribution in [1.29, 1.82) is 0 Å². The van der Waals surface area contributed by atoms with Crippen LogP contribution >= 0.6 is 0 Å². The molecule has 2 rings (SSSR count). The fraction of sp³-hybridized carbons (Fsp3) is 0.250. The van der Waals surface area contributed by atoms with Crippen LogP contribution in [-0.4, -0.2) is 39.6 Å². The van der Waals surface area contributed by atoms with Crippen molar-refractivity contribution in [2.75, 3.05) is 23.8 Å². The van der Waals surface area contributed by atoms with Crippen LogP contribution in [0.25, 0.3) is 0 Å². The number of aromatic nitrogens is 3. The third kappa shape index (κ3) is 3.44. The van der Waals surface area contributed by atoms with Gasteiger partial charge in [-0.3, -0.25) is 4.79 Å². The number of carboxylic acids is 1. The van der Waals surface area contributed by atoms with Crippen molar-refractivity contribution in [3.8, 4) is 0 Å². The van der Waals surface area contributed by atoms with E-state index in [1.807, 2.05) is 6.07 Å². The van der Waals surface area contributed by atoms with Gasteiger partial charge in [-0.25, -0.2) is 9.97 Å². The summed E-state index contributed by atoms with van der Waals surface area (Å²) < 4.78 is 0. The minimum absolute atomic E-state index is 0.111. The van der Waals surface area contributed by atoms with Gasteiger partial charge in [0.25, 0.3) is 0 Å². The second-order valence-corrected chi connectivity index (χ2v) is 4.13. The number of carboxylic acid groups (broad SMARTS) is 1. The quantitative estimate of drug-likeness (QED) is 0.752. The van der Waals surface area contributed by atoms with E-state index in [1.165, 1.54) is 0 Å². The summed E-state index contributed by atoms with van der Waals surface area (Å²) in [6.07, 6.45) is 3.60. The number of hydrogen-bond acceptors (Lipinski definition) is 5. The van der Waals surface area contributed by atoms with E-state index in [1.54, 1.807) is 37.3 Å². The zero-order chi connectivity index (χ0) is 13.8. The first-order valence-electron chi connectivity index (χ1n) is 5.73. The van der Waals surface area contributed by atoms with E-state index in [4.69, 9.17) is 5.11 Å². The van der Waals surface area contributed by atoms with E-state index in [0.717, 1.165) is 5.69 Å². The lowest BCUT2D eigenvalue weighted by Gasteiger charge is -2.16. The second-order valence-electron chi connectivity index (χ2n) is 4.13. The average molecular weight is 261 g/mol. The number of aryl methyl sites for hydroxylation is 1. The fourth-order valence-corrected chi connectivity index (χ4v) is 1.64. The molecule has 2 aromatic rings. The van der Waals surface area contributed by atoms with Gasteiger partial charge < -0.3 is 20.3 Å². The maximum absolute atomic E-state index is 10.7. The highest BCUT2D eigenvalue weighted by Gasteiger charge is 2.09. The van der Waals surface area contributed by atoms with Crippen LogP contribution in [0.3, 0.4) is 0 Å². The van der Waals surface area contributed by atoms with Gasteiger partial charge in [0.05, 0.1) is 5.69 Å². The number of rotatable bonds is 5. The van der Waals surface area contributed by atoms with Crippen molar-refractivity contribution in [3.05, 3.63) is 30.4 Å². The Bertz CT molecular complexity index is 568. The number of anilines is 3. The molecule has 0 bridgehead atoms. The molecule has 0 aromatic carbocycles. The van der Waals surface area contributed by atoms with E-state index in [2.05, 4.69) is 20.3 Å². The lowest BCUT2D eigenvalue weighted by Crippen LogP contribution is -2.26. The van der Waals surface area contributed by atoms with Crippen LogP contribution in [0.1, 0.15) is 5.82 Å². The van der Waals surface area contributed by atoms with Gasteiger partial charge in [0.15, 0.2) is 0 Å². The van der Waals surface area contributed by atoms with Crippen molar-refractivity contribution in [2.24, 2.45) is 0 Å². The molecule has 0 amide bonds. The maximum atomic E-state index is 10.7. The predicted octanol–water partition coefficient (Wildman–Crippen LogP) is 1.38. The molecular weight excluding hydrogens is 246 g/mol. The number of H-pyrrole nitrogens is 1. The van der Waals surface area contributed by atoms with Gasteiger partial charge in [-0.05, 0) is 13.0 Å². The van der Waals surface area contributed by atoms with Crippen LogP contribution in [0.5, 0.6) is 0 Å². The van der Waals surface area contributed by atoms with E-state index < -0.39 is 5.97 Å². The Balaban J connectivity index is 2.21. The minimum Gasteiger partial charge on any atom is -0.480 e. The van der Waals surface area contributed by atoms with Crippen molar-refractivity contribution >= 4 is 23.3 Å². The average Bonchev–Trinajstić information content (AvgIpc) is 2.80.